The van der Waals surface area contributed by atoms with E-state index in [0.29, 0.717) is 24.0 Å². The van der Waals surface area contributed by atoms with Crippen molar-refractivity contribution in [3.8, 4) is 0 Å². The summed E-state index contributed by atoms with van der Waals surface area (Å²) in [7, 11) is 1.58. The quantitative estimate of drug-likeness (QED) is 0.663. The third-order valence-corrected chi connectivity index (χ3v) is 3.42. The summed E-state index contributed by atoms with van der Waals surface area (Å²) in [6.45, 7) is 4.22. The Morgan fingerprint density at radius 3 is 2.50 bits per heavy atom. The number of aliphatic imine (C=N–C) groups is 1. The molecule has 0 aliphatic heterocycles. The largest absolute Gasteiger partial charge is 0.444 e. The number of hydrogen-bond acceptors (Lipinski definition) is 3. The summed E-state index contributed by atoms with van der Waals surface area (Å²) in [6, 6.07) is 5.16. The second-order valence-corrected chi connectivity index (χ2v) is 5.23. The lowest BCUT2D eigenvalue weighted by atomic mass is 10.1. The number of alkyl halides is 3. The van der Waals surface area contributed by atoms with E-state index in [2.05, 4.69) is 20.6 Å². The molecule has 8 heteroatoms. The van der Waals surface area contributed by atoms with E-state index in [9.17, 15) is 13.2 Å². The molecule has 1 aromatic carbocycles. The minimum Gasteiger partial charge on any atom is -0.444 e. The van der Waals surface area contributed by atoms with Crippen molar-refractivity contribution >= 4 is 5.96 Å². The standard InChI is InChI=1S/C16H19F3N4O/c1-10-11(2)24-14(23-10)9-22-15(20-3)21-8-12-5-4-6-13(7-12)16(17,18)19/h4-7H,8-9H2,1-3H3,(H2,20,21,22). The van der Waals surface area contributed by atoms with E-state index in [1.807, 2.05) is 13.8 Å². The number of oxazole rings is 1. The van der Waals surface area contributed by atoms with E-state index >= 15 is 0 Å². The normalized spacial score (nSPS) is 12.3. The van der Waals surface area contributed by atoms with Gasteiger partial charge in [0.15, 0.2) is 5.96 Å². The fourth-order valence-electron chi connectivity index (χ4n) is 2.04. The van der Waals surface area contributed by atoms with E-state index in [1.165, 1.54) is 6.07 Å². The zero-order valence-electron chi connectivity index (χ0n) is 13.7. The monoisotopic (exact) mass is 340 g/mol. The smallest absolute Gasteiger partial charge is 0.416 e. The molecule has 0 unspecified atom stereocenters. The second kappa shape index (κ2) is 7.37. The molecule has 2 aromatic rings. The van der Waals surface area contributed by atoms with Gasteiger partial charge in [0.05, 0.1) is 17.8 Å². The van der Waals surface area contributed by atoms with Crippen LogP contribution in [0.5, 0.6) is 0 Å². The van der Waals surface area contributed by atoms with Crippen LogP contribution >= 0.6 is 0 Å². The molecule has 0 saturated carbocycles. The number of halogens is 3. The Labute approximate surface area is 138 Å². The number of guanidine groups is 1. The van der Waals surface area contributed by atoms with E-state index in [1.54, 1.807) is 13.1 Å². The molecular formula is C16H19F3N4O. The highest BCUT2D eigenvalue weighted by Gasteiger charge is 2.30. The molecular weight excluding hydrogens is 321 g/mol. The molecule has 0 aliphatic carbocycles. The van der Waals surface area contributed by atoms with E-state index < -0.39 is 11.7 Å². The highest BCUT2D eigenvalue weighted by molar-refractivity contribution is 5.79. The summed E-state index contributed by atoms with van der Waals surface area (Å²) in [6.07, 6.45) is -4.35. The third kappa shape index (κ3) is 4.74. The van der Waals surface area contributed by atoms with E-state index in [-0.39, 0.29) is 6.54 Å². The number of benzene rings is 1. The van der Waals surface area contributed by atoms with Crippen LogP contribution in [0.15, 0.2) is 33.7 Å². The molecule has 0 saturated heterocycles. The van der Waals surface area contributed by atoms with Crippen LogP contribution in [0.25, 0.3) is 0 Å². The molecule has 0 bridgehead atoms. The molecule has 130 valence electrons. The van der Waals surface area contributed by atoms with Crippen LogP contribution in [0.3, 0.4) is 0 Å². The third-order valence-electron chi connectivity index (χ3n) is 3.42. The molecule has 0 fully saturated rings. The number of aromatic nitrogens is 1. The highest BCUT2D eigenvalue weighted by Crippen LogP contribution is 2.29. The number of aryl methyl sites for hydroxylation is 2. The summed E-state index contributed by atoms with van der Waals surface area (Å²) in [5, 5.41) is 5.96. The maximum atomic E-state index is 12.7. The van der Waals surface area contributed by atoms with Crippen LogP contribution in [0.1, 0.15) is 28.5 Å². The van der Waals surface area contributed by atoms with Gasteiger partial charge in [0.2, 0.25) is 5.89 Å². The van der Waals surface area contributed by atoms with Gasteiger partial charge in [-0.2, -0.15) is 13.2 Å². The van der Waals surface area contributed by atoms with Crippen LogP contribution in [-0.4, -0.2) is 18.0 Å². The van der Waals surface area contributed by atoms with Crippen LogP contribution in [0.2, 0.25) is 0 Å². The first kappa shape index (κ1) is 17.8. The summed E-state index contributed by atoms with van der Waals surface area (Å²) in [5.74, 6) is 1.71. The molecule has 0 aliphatic rings. The first-order valence-electron chi connectivity index (χ1n) is 7.33. The predicted octanol–water partition coefficient (Wildman–Crippen LogP) is 3.18. The molecule has 0 radical (unpaired) electrons. The number of nitrogens with one attached hydrogen (secondary N) is 2. The molecule has 2 rings (SSSR count). The Balaban J connectivity index is 1.92. The van der Waals surface area contributed by atoms with Gasteiger partial charge in [-0.05, 0) is 31.5 Å². The lowest BCUT2D eigenvalue weighted by Gasteiger charge is -2.12. The summed E-state index contributed by atoms with van der Waals surface area (Å²) in [4.78, 5) is 8.26. The minimum atomic E-state index is -4.35. The van der Waals surface area contributed by atoms with Crippen LogP contribution in [0, 0.1) is 13.8 Å². The van der Waals surface area contributed by atoms with E-state index in [4.69, 9.17) is 4.42 Å². The zero-order valence-corrected chi connectivity index (χ0v) is 13.7. The molecule has 2 N–H and O–H groups in total. The predicted molar refractivity (Wildman–Crippen MR) is 84.5 cm³/mol. The van der Waals surface area contributed by atoms with Crippen LogP contribution in [-0.2, 0) is 19.3 Å². The molecule has 1 aromatic heterocycles. The van der Waals surface area contributed by atoms with Crippen molar-refractivity contribution in [2.45, 2.75) is 33.1 Å². The van der Waals surface area contributed by atoms with Crippen molar-refractivity contribution in [2.75, 3.05) is 7.05 Å². The Bertz CT molecular complexity index is 703. The number of hydrogen-bond donors (Lipinski definition) is 2. The molecule has 5 nitrogen and oxygen atoms in total. The van der Waals surface area contributed by atoms with Crippen molar-refractivity contribution < 1.29 is 17.6 Å². The van der Waals surface area contributed by atoms with Crippen LogP contribution in [0.4, 0.5) is 13.2 Å². The van der Waals surface area contributed by atoms with Crippen molar-refractivity contribution in [2.24, 2.45) is 4.99 Å². The molecule has 0 spiro atoms. The fourth-order valence-corrected chi connectivity index (χ4v) is 2.04. The Morgan fingerprint density at radius 2 is 1.92 bits per heavy atom. The van der Waals surface area contributed by atoms with Gasteiger partial charge in [-0.3, -0.25) is 4.99 Å². The lowest BCUT2D eigenvalue weighted by Crippen LogP contribution is -2.36. The SMILES string of the molecule is CN=C(NCc1cccc(C(F)(F)F)c1)NCc1nc(C)c(C)o1. The average Bonchev–Trinajstić information content (AvgIpc) is 2.85. The summed E-state index contributed by atoms with van der Waals surface area (Å²) in [5.41, 5.74) is 0.657. The highest BCUT2D eigenvalue weighted by atomic mass is 19.4. The van der Waals surface area contributed by atoms with Gasteiger partial charge in [-0.1, -0.05) is 12.1 Å². The van der Waals surface area contributed by atoms with Crippen molar-refractivity contribution in [1.29, 1.82) is 0 Å². The van der Waals surface area contributed by atoms with Gasteiger partial charge < -0.3 is 15.1 Å². The maximum Gasteiger partial charge on any atom is 0.416 e. The van der Waals surface area contributed by atoms with Gasteiger partial charge in [0, 0.05) is 13.6 Å². The van der Waals surface area contributed by atoms with Gasteiger partial charge in [-0.25, -0.2) is 4.98 Å². The van der Waals surface area contributed by atoms with Gasteiger partial charge >= 0.3 is 6.18 Å². The van der Waals surface area contributed by atoms with E-state index in [0.717, 1.165) is 23.6 Å². The summed E-state index contributed by atoms with van der Waals surface area (Å²) < 4.78 is 43.5. The lowest BCUT2D eigenvalue weighted by molar-refractivity contribution is -0.137. The average molecular weight is 340 g/mol. The van der Waals surface area contributed by atoms with Crippen LogP contribution < -0.4 is 10.6 Å². The Hall–Kier alpha value is -2.51. The van der Waals surface area contributed by atoms with Gasteiger partial charge in [0.25, 0.3) is 0 Å². The van der Waals surface area contributed by atoms with Crippen molar-refractivity contribution in [3.63, 3.8) is 0 Å². The zero-order chi connectivity index (χ0) is 17.7. The minimum absolute atomic E-state index is 0.216. The second-order valence-electron chi connectivity index (χ2n) is 5.23. The summed E-state index contributed by atoms with van der Waals surface area (Å²) >= 11 is 0. The fraction of sp³-hybridized carbons (Fsp3) is 0.375. The van der Waals surface area contributed by atoms with Crippen molar-refractivity contribution in [3.05, 3.63) is 52.7 Å². The molecule has 1 heterocycles. The van der Waals surface area contributed by atoms with Crippen molar-refractivity contribution in [1.82, 2.24) is 15.6 Å². The first-order valence-corrected chi connectivity index (χ1v) is 7.33. The molecule has 24 heavy (non-hydrogen) atoms. The Kier molecular flexibility index (Phi) is 5.48. The first-order chi connectivity index (χ1) is 11.3. The topological polar surface area (TPSA) is 62.5 Å². The van der Waals surface area contributed by atoms with Gasteiger partial charge in [-0.15, -0.1) is 0 Å². The molecule has 0 atom stereocenters. The number of nitrogens with zero attached hydrogens (tertiary/aromatic N) is 2. The molecule has 0 amide bonds. The van der Waals surface area contributed by atoms with Gasteiger partial charge in [0.1, 0.15) is 5.76 Å². The number of rotatable bonds is 4. The Morgan fingerprint density at radius 1 is 1.21 bits per heavy atom. The maximum absolute atomic E-state index is 12.7.